The fourth-order valence-corrected chi connectivity index (χ4v) is 3.62. The van der Waals surface area contributed by atoms with Gasteiger partial charge >= 0.3 is 0 Å². The fourth-order valence-electron chi connectivity index (χ4n) is 2.57. The van der Waals surface area contributed by atoms with Crippen LogP contribution in [0.25, 0.3) is 0 Å². The minimum Gasteiger partial charge on any atom is -0.479 e. The molecule has 0 saturated heterocycles. The second-order valence-corrected chi connectivity index (χ2v) is 8.28. The van der Waals surface area contributed by atoms with E-state index in [2.05, 4.69) is 21.9 Å². The lowest BCUT2D eigenvalue weighted by atomic mass is 10.0. The zero-order chi connectivity index (χ0) is 22.1. The van der Waals surface area contributed by atoms with Crippen molar-refractivity contribution in [1.82, 2.24) is 10.3 Å². The van der Waals surface area contributed by atoms with Crippen molar-refractivity contribution in [2.45, 2.75) is 37.5 Å². The molecule has 1 aromatic carbocycles. The molecule has 0 aliphatic rings. The summed E-state index contributed by atoms with van der Waals surface area (Å²) in [6.45, 7) is 5.41. The van der Waals surface area contributed by atoms with Gasteiger partial charge in [-0.25, -0.2) is 17.2 Å². The lowest BCUT2D eigenvalue weighted by Crippen LogP contribution is -2.21. The molecule has 2 N–H and O–H groups in total. The first-order chi connectivity index (χ1) is 14.3. The van der Waals surface area contributed by atoms with Crippen LogP contribution < -0.4 is 19.5 Å². The molecule has 10 heteroatoms. The molecule has 30 heavy (non-hydrogen) atoms. The van der Waals surface area contributed by atoms with Crippen LogP contribution in [-0.2, 0) is 10.0 Å². The van der Waals surface area contributed by atoms with Crippen LogP contribution in [0.15, 0.2) is 41.3 Å². The van der Waals surface area contributed by atoms with Crippen molar-refractivity contribution in [2.75, 3.05) is 31.5 Å². The minimum atomic E-state index is -3.96. The van der Waals surface area contributed by atoms with Gasteiger partial charge in [0.25, 0.3) is 10.0 Å². The number of benzene rings is 1. The molecule has 0 aliphatic heterocycles. The number of ether oxygens (including phenoxy) is 2. The van der Waals surface area contributed by atoms with E-state index >= 15 is 0 Å². The highest BCUT2D eigenvalue weighted by atomic mass is 32.2. The molecule has 0 aliphatic carbocycles. The molecule has 2 rings (SSSR count). The third-order valence-corrected chi connectivity index (χ3v) is 5.70. The van der Waals surface area contributed by atoms with Crippen molar-refractivity contribution in [2.24, 2.45) is 0 Å². The molecule has 7 nitrogen and oxygen atoms in total. The third kappa shape index (κ3) is 6.53. The van der Waals surface area contributed by atoms with Gasteiger partial charge in [0.15, 0.2) is 0 Å². The Hall–Kier alpha value is -2.46. The van der Waals surface area contributed by atoms with E-state index in [1.54, 1.807) is 0 Å². The highest BCUT2D eigenvalue weighted by Crippen LogP contribution is 2.28. The molecule has 1 heterocycles. The summed E-state index contributed by atoms with van der Waals surface area (Å²) >= 11 is 0. The van der Waals surface area contributed by atoms with Gasteiger partial charge in [-0.2, -0.15) is 4.98 Å². The van der Waals surface area contributed by atoms with Crippen LogP contribution >= 0.6 is 0 Å². The summed E-state index contributed by atoms with van der Waals surface area (Å²) < 4.78 is 64.1. The molecule has 0 saturated carbocycles. The van der Waals surface area contributed by atoms with E-state index in [0.717, 1.165) is 13.0 Å². The summed E-state index contributed by atoms with van der Waals surface area (Å²) in [6, 6.07) is 8.36. The van der Waals surface area contributed by atoms with Crippen molar-refractivity contribution in [3.05, 3.63) is 42.0 Å². The van der Waals surface area contributed by atoms with Crippen LogP contribution in [0.2, 0.25) is 0 Å². The zero-order valence-corrected chi connectivity index (χ0v) is 18.0. The topological polar surface area (TPSA) is 89.6 Å². The molecule has 1 atom stereocenters. The lowest BCUT2D eigenvalue weighted by molar-refractivity contribution is 0.121. The number of sulfonamides is 1. The van der Waals surface area contributed by atoms with Crippen molar-refractivity contribution < 1.29 is 26.7 Å². The summed E-state index contributed by atoms with van der Waals surface area (Å²) in [5.41, 5.74) is 0.497. The molecule has 1 aromatic heterocycles. The summed E-state index contributed by atoms with van der Waals surface area (Å²) in [6.07, 6.45) is -1.50. The summed E-state index contributed by atoms with van der Waals surface area (Å²) in [5.74, 6) is -0.623. The normalized spacial score (nSPS) is 12.6. The number of nitrogens with one attached hydrogen (secondary N) is 2. The van der Waals surface area contributed by atoms with Gasteiger partial charge in [-0.05, 0) is 36.7 Å². The first-order valence-corrected chi connectivity index (χ1v) is 11.1. The number of anilines is 1. The Morgan fingerprint density at radius 1 is 1.10 bits per heavy atom. The molecular weight excluding hydrogens is 416 g/mol. The minimum absolute atomic E-state index is 0.0561. The number of hydrogen-bond donors (Lipinski definition) is 2. The molecule has 0 bridgehead atoms. The molecule has 166 valence electrons. The van der Waals surface area contributed by atoms with Gasteiger partial charge in [0.05, 0.1) is 12.0 Å². The molecule has 0 fully saturated rings. The Morgan fingerprint density at radius 3 is 2.40 bits per heavy atom. The molecule has 0 amide bonds. The number of alkyl halides is 2. The van der Waals surface area contributed by atoms with E-state index in [0.29, 0.717) is 24.6 Å². The zero-order valence-electron chi connectivity index (χ0n) is 17.2. The van der Waals surface area contributed by atoms with Gasteiger partial charge in [-0.3, -0.25) is 4.72 Å². The standard InChI is InChI=1S/C20H27F2N3O4S/c1-4-11-23-12-13-29-18-10-9-17(20(24-18)28-3)25-30(26,27)16-7-5-15(6-8-16)14(2)19(21)22/h5-10,14,19,23,25H,4,11-13H2,1-3H3/t14-/m1/s1. The van der Waals surface area contributed by atoms with Crippen molar-refractivity contribution in [3.63, 3.8) is 0 Å². The van der Waals surface area contributed by atoms with Gasteiger partial charge in [-0.1, -0.05) is 26.0 Å². The Balaban J connectivity index is 2.10. The molecular formula is C20H27F2N3O4S. The van der Waals surface area contributed by atoms with Gasteiger partial charge in [0.2, 0.25) is 18.2 Å². The first kappa shape index (κ1) is 23.8. The number of hydrogen-bond acceptors (Lipinski definition) is 6. The summed E-state index contributed by atoms with van der Waals surface area (Å²) in [7, 11) is -2.59. The maximum Gasteiger partial charge on any atom is 0.262 e. The maximum atomic E-state index is 12.8. The second kappa shape index (κ2) is 11.1. The Labute approximate surface area is 175 Å². The Bertz CT molecular complexity index is 909. The van der Waals surface area contributed by atoms with Gasteiger partial charge in [0, 0.05) is 18.5 Å². The summed E-state index contributed by atoms with van der Waals surface area (Å²) in [4.78, 5) is 4.10. The highest BCUT2D eigenvalue weighted by molar-refractivity contribution is 7.92. The molecule has 2 aromatic rings. The number of nitrogens with zero attached hydrogens (tertiary/aromatic N) is 1. The number of halogens is 2. The van der Waals surface area contributed by atoms with Gasteiger partial charge in [-0.15, -0.1) is 0 Å². The lowest BCUT2D eigenvalue weighted by Gasteiger charge is -2.14. The first-order valence-electron chi connectivity index (χ1n) is 9.58. The van der Waals surface area contributed by atoms with Crippen LogP contribution in [0.1, 0.15) is 31.7 Å². The average molecular weight is 444 g/mol. The number of aromatic nitrogens is 1. The van der Waals surface area contributed by atoms with E-state index in [1.165, 1.54) is 50.4 Å². The third-order valence-electron chi connectivity index (χ3n) is 4.32. The van der Waals surface area contributed by atoms with E-state index < -0.39 is 22.4 Å². The predicted molar refractivity (Wildman–Crippen MR) is 111 cm³/mol. The van der Waals surface area contributed by atoms with Crippen molar-refractivity contribution >= 4 is 15.7 Å². The second-order valence-electron chi connectivity index (χ2n) is 6.60. The van der Waals surface area contributed by atoms with Crippen molar-refractivity contribution in [1.29, 1.82) is 0 Å². The van der Waals surface area contributed by atoms with Crippen LogP contribution in [0.4, 0.5) is 14.5 Å². The quantitative estimate of drug-likeness (QED) is 0.487. The number of rotatable bonds is 12. The van der Waals surface area contributed by atoms with Gasteiger partial charge in [0.1, 0.15) is 12.3 Å². The molecule has 0 unspecified atom stereocenters. The van der Waals surface area contributed by atoms with Gasteiger partial charge < -0.3 is 14.8 Å². The Morgan fingerprint density at radius 2 is 1.80 bits per heavy atom. The molecule has 0 spiro atoms. The SMILES string of the molecule is CCCNCCOc1ccc(NS(=O)(=O)c2ccc([C@@H](C)C(F)F)cc2)c(OC)n1. The predicted octanol–water partition coefficient (Wildman–Crippen LogP) is 3.64. The van der Waals surface area contributed by atoms with Crippen LogP contribution in [-0.4, -0.2) is 46.6 Å². The summed E-state index contributed by atoms with van der Waals surface area (Å²) in [5, 5.41) is 3.19. The Kier molecular flexibility index (Phi) is 8.79. The van der Waals surface area contributed by atoms with Crippen LogP contribution in [0, 0.1) is 0 Å². The van der Waals surface area contributed by atoms with E-state index in [-0.39, 0.29) is 16.5 Å². The monoisotopic (exact) mass is 443 g/mol. The number of pyridine rings is 1. The van der Waals surface area contributed by atoms with Crippen LogP contribution in [0.3, 0.4) is 0 Å². The van der Waals surface area contributed by atoms with Crippen LogP contribution in [0.5, 0.6) is 11.8 Å². The van der Waals surface area contributed by atoms with Crippen molar-refractivity contribution in [3.8, 4) is 11.8 Å². The number of methoxy groups -OCH3 is 1. The van der Waals surface area contributed by atoms with E-state index in [4.69, 9.17) is 9.47 Å². The highest BCUT2D eigenvalue weighted by Gasteiger charge is 2.20. The van der Waals surface area contributed by atoms with E-state index in [9.17, 15) is 17.2 Å². The fraction of sp³-hybridized carbons (Fsp3) is 0.450. The maximum absolute atomic E-state index is 12.8. The molecule has 0 radical (unpaired) electrons. The smallest absolute Gasteiger partial charge is 0.262 e. The largest absolute Gasteiger partial charge is 0.479 e. The average Bonchev–Trinajstić information content (AvgIpc) is 2.73. The van der Waals surface area contributed by atoms with E-state index in [1.807, 2.05) is 0 Å².